The van der Waals surface area contributed by atoms with Gasteiger partial charge in [0.1, 0.15) is 5.82 Å². The summed E-state index contributed by atoms with van der Waals surface area (Å²) in [6.07, 6.45) is 3.40. The third-order valence-electron chi connectivity index (χ3n) is 2.66. The van der Waals surface area contributed by atoms with Gasteiger partial charge in [-0.05, 0) is 38.8 Å². The summed E-state index contributed by atoms with van der Waals surface area (Å²) in [4.78, 5) is 9.05. The summed E-state index contributed by atoms with van der Waals surface area (Å²) >= 11 is 0. The van der Waals surface area contributed by atoms with E-state index in [1.807, 2.05) is 6.92 Å². The molecule has 0 saturated carbocycles. The Morgan fingerprint density at radius 3 is 3.00 bits per heavy atom. The zero-order valence-corrected chi connectivity index (χ0v) is 8.88. The molecule has 76 valence electrons. The lowest BCUT2D eigenvalue weighted by atomic mass is 10.2. The van der Waals surface area contributed by atoms with Crippen LogP contribution in [0.2, 0.25) is 0 Å². The molecular weight excluding hydrogens is 174 g/mol. The average molecular weight is 191 g/mol. The van der Waals surface area contributed by atoms with Gasteiger partial charge in [-0.2, -0.15) is 0 Å². The van der Waals surface area contributed by atoms with Crippen molar-refractivity contribution in [1.29, 1.82) is 0 Å². The van der Waals surface area contributed by atoms with Crippen LogP contribution >= 0.6 is 0 Å². The van der Waals surface area contributed by atoms with Gasteiger partial charge in [-0.15, -0.1) is 0 Å². The summed E-state index contributed by atoms with van der Waals surface area (Å²) in [5, 5.41) is 3.43. The molecule has 1 saturated heterocycles. The minimum Gasteiger partial charge on any atom is -0.307 e. The van der Waals surface area contributed by atoms with Crippen molar-refractivity contribution in [3.05, 3.63) is 23.3 Å². The highest BCUT2D eigenvalue weighted by Crippen LogP contribution is 2.20. The van der Waals surface area contributed by atoms with Crippen LogP contribution in [0, 0.1) is 6.92 Å². The van der Waals surface area contributed by atoms with Crippen molar-refractivity contribution in [2.45, 2.75) is 39.2 Å². The molecule has 2 rings (SSSR count). The van der Waals surface area contributed by atoms with Crippen LogP contribution in [0.4, 0.5) is 0 Å². The first-order valence-electron chi connectivity index (χ1n) is 5.37. The van der Waals surface area contributed by atoms with E-state index in [2.05, 4.69) is 28.3 Å². The summed E-state index contributed by atoms with van der Waals surface area (Å²) < 4.78 is 0. The lowest BCUT2D eigenvalue weighted by Crippen LogP contribution is -2.17. The SMILES string of the molecule is CCc1cc(C)nc(C2CCCN2)n1. The van der Waals surface area contributed by atoms with E-state index in [1.54, 1.807) is 0 Å². The molecule has 14 heavy (non-hydrogen) atoms. The molecular formula is C11H17N3. The second-order valence-electron chi connectivity index (χ2n) is 3.86. The van der Waals surface area contributed by atoms with Crippen LogP contribution in [0.1, 0.15) is 43.0 Å². The Kier molecular flexibility index (Phi) is 2.77. The Bertz CT molecular complexity index is 316. The van der Waals surface area contributed by atoms with Crippen LogP contribution < -0.4 is 5.32 Å². The van der Waals surface area contributed by atoms with E-state index in [1.165, 1.54) is 12.8 Å². The van der Waals surface area contributed by atoms with Gasteiger partial charge >= 0.3 is 0 Å². The summed E-state index contributed by atoms with van der Waals surface area (Å²) in [6.45, 7) is 5.27. The van der Waals surface area contributed by atoms with Crippen molar-refractivity contribution in [2.24, 2.45) is 0 Å². The number of hydrogen-bond acceptors (Lipinski definition) is 3. The monoisotopic (exact) mass is 191 g/mol. The van der Waals surface area contributed by atoms with Crippen molar-refractivity contribution < 1.29 is 0 Å². The number of aromatic nitrogens is 2. The second kappa shape index (κ2) is 4.05. The minimum atomic E-state index is 0.389. The number of hydrogen-bond donors (Lipinski definition) is 1. The first-order valence-corrected chi connectivity index (χ1v) is 5.37. The van der Waals surface area contributed by atoms with E-state index in [0.29, 0.717) is 6.04 Å². The van der Waals surface area contributed by atoms with Gasteiger partial charge in [0.15, 0.2) is 0 Å². The van der Waals surface area contributed by atoms with Crippen LogP contribution in [-0.4, -0.2) is 16.5 Å². The largest absolute Gasteiger partial charge is 0.307 e. The zero-order chi connectivity index (χ0) is 9.97. The van der Waals surface area contributed by atoms with Gasteiger partial charge in [0.2, 0.25) is 0 Å². The second-order valence-corrected chi connectivity index (χ2v) is 3.86. The van der Waals surface area contributed by atoms with Gasteiger partial charge in [0.05, 0.1) is 6.04 Å². The number of nitrogens with zero attached hydrogens (tertiary/aromatic N) is 2. The van der Waals surface area contributed by atoms with Crippen LogP contribution in [-0.2, 0) is 6.42 Å². The summed E-state index contributed by atoms with van der Waals surface area (Å²) in [5.74, 6) is 0.986. The molecule has 0 aromatic carbocycles. The Morgan fingerprint density at radius 2 is 2.36 bits per heavy atom. The molecule has 0 radical (unpaired) electrons. The topological polar surface area (TPSA) is 37.8 Å². The van der Waals surface area contributed by atoms with Gasteiger partial charge in [-0.25, -0.2) is 9.97 Å². The average Bonchev–Trinajstić information content (AvgIpc) is 2.69. The van der Waals surface area contributed by atoms with Gasteiger partial charge in [0.25, 0.3) is 0 Å². The van der Waals surface area contributed by atoms with Crippen LogP contribution in [0.25, 0.3) is 0 Å². The van der Waals surface area contributed by atoms with Gasteiger partial charge in [-0.3, -0.25) is 0 Å². The number of rotatable bonds is 2. The van der Waals surface area contributed by atoms with E-state index >= 15 is 0 Å². The predicted molar refractivity (Wildman–Crippen MR) is 56.1 cm³/mol. The molecule has 0 aliphatic carbocycles. The molecule has 1 N–H and O–H groups in total. The standard InChI is InChI=1S/C11H17N3/c1-3-9-7-8(2)13-11(14-9)10-5-4-6-12-10/h7,10,12H,3-6H2,1-2H3. The van der Waals surface area contributed by atoms with Crippen molar-refractivity contribution in [1.82, 2.24) is 15.3 Å². The van der Waals surface area contributed by atoms with E-state index < -0.39 is 0 Å². The maximum atomic E-state index is 4.56. The molecule has 2 heterocycles. The van der Waals surface area contributed by atoms with E-state index in [9.17, 15) is 0 Å². The van der Waals surface area contributed by atoms with Crippen molar-refractivity contribution >= 4 is 0 Å². The molecule has 3 heteroatoms. The molecule has 1 aliphatic rings. The molecule has 3 nitrogen and oxygen atoms in total. The molecule has 1 aromatic rings. The first-order chi connectivity index (χ1) is 6.79. The Balaban J connectivity index is 2.27. The fourth-order valence-electron chi connectivity index (χ4n) is 1.90. The zero-order valence-electron chi connectivity index (χ0n) is 8.88. The highest BCUT2D eigenvalue weighted by molar-refractivity contribution is 5.12. The molecule has 1 unspecified atom stereocenters. The molecule has 0 bridgehead atoms. The van der Waals surface area contributed by atoms with Crippen LogP contribution in [0.5, 0.6) is 0 Å². The highest BCUT2D eigenvalue weighted by atomic mass is 15.0. The fourth-order valence-corrected chi connectivity index (χ4v) is 1.90. The Hall–Kier alpha value is -0.960. The van der Waals surface area contributed by atoms with Crippen molar-refractivity contribution in [3.8, 4) is 0 Å². The van der Waals surface area contributed by atoms with Crippen LogP contribution in [0.15, 0.2) is 6.07 Å². The normalized spacial score (nSPS) is 21.4. The number of aryl methyl sites for hydroxylation is 2. The molecule has 1 atom stereocenters. The van der Waals surface area contributed by atoms with Crippen molar-refractivity contribution in [3.63, 3.8) is 0 Å². The van der Waals surface area contributed by atoms with Gasteiger partial charge in [0, 0.05) is 11.4 Å². The molecule has 0 amide bonds. The molecule has 1 fully saturated rings. The quantitative estimate of drug-likeness (QED) is 0.774. The molecule has 1 aliphatic heterocycles. The Morgan fingerprint density at radius 1 is 1.50 bits per heavy atom. The third-order valence-corrected chi connectivity index (χ3v) is 2.66. The maximum Gasteiger partial charge on any atom is 0.145 e. The van der Waals surface area contributed by atoms with Crippen molar-refractivity contribution in [2.75, 3.05) is 6.54 Å². The number of nitrogens with one attached hydrogen (secondary N) is 1. The smallest absolute Gasteiger partial charge is 0.145 e. The van der Waals surface area contributed by atoms with E-state index in [-0.39, 0.29) is 0 Å². The molecule has 1 aromatic heterocycles. The highest BCUT2D eigenvalue weighted by Gasteiger charge is 2.19. The van der Waals surface area contributed by atoms with E-state index in [0.717, 1.165) is 30.2 Å². The summed E-state index contributed by atoms with van der Waals surface area (Å²) in [6, 6.07) is 2.46. The lowest BCUT2D eigenvalue weighted by Gasteiger charge is -2.10. The fraction of sp³-hybridized carbons (Fsp3) is 0.636. The Labute approximate surface area is 85.0 Å². The third kappa shape index (κ3) is 1.93. The minimum absolute atomic E-state index is 0.389. The van der Waals surface area contributed by atoms with Crippen LogP contribution in [0.3, 0.4) is 0 Å². The predicted octanol–water partition coefficient (Wildman–Crippen LogP) is 1.77. The summed E-state index contributed by atoms with van der Waals surface area (Å²) in [7, 11) is 0. The first kappa shape index (κ1) is 9.59. The van der Waals surface area contributed by atoms with E-state index in [4.69, 9.17) is 0 Å². The summed E-state index contributed by atoms with van der Waals surface area (Å²) in [5.41, 5.74) is 2.24. The molecule has 0 spiro atoms. The lowest BCUT2D eigenvalue weighted by molar-refractivity contribution is 0.598. The van der Waals surface area contributed by atoms with Gasteiger partial charge < -0.3 is 5.32 Å². The maximum absolute atomic E-state index is 4.56. The van der Waals surface area contributed by atoms with Gasteiger partial charge in [-0.1, -0.05) is 6.92 Å².